The molecular formula is C24H32N4O2. The zero-order valence-corrected chi connectivity index (χ0v) is 17.9. The van der Waals surface area contributed by atoms with Crippen LogP contribution >= 0.6 is 0 Å². The fourth-order valence-corrected chi connectivity index (χ4v) is 3.62. The zero-order chi connectivity index (χ0) is 21.2. The van der Waals surface area contributed by atoms with Crippen molar-refractivity contribution in [2.24, 2.45) is 10.9 Å². The number of hydrogen-bond acceptors (Lipinski definition) is 4. The number of nitrogens with zero attached hydrogens (tertiary/aromatic N) is 2. The van der Waals surface area contributed by atoms with E-state index in [0.717, 1.165) is 49.1 Å². The summed E-state index contributed by atoms with van der Waals surface area (Å²) in [6, 6.07) is 16.3. The Morgan fingerprint density at radius 3 is 2.90 bits per heavy atom. The second-order valence-electron chi connectivity index (χ2n) is 7.32. The van der Waals surface area contributed by atoms with E-state index in [4.69, 9.17) is 9.47 Å². The van der Waals surface area contributed by atoms with Gasteiger partial charge in [-0.05, 0) is 30.5 Å². The van der Waals surface area contributed by atoms with E-state index in [1.54, 1.807) is 20.2 Å². The summed E-state index contributed by atoms with van der Waals surface area (Å²) in [5.74, 6) is 3.13. The Kier molecular flexibility index (Phi) is 8.01. The Morgan fingerprint density at radius 1 is 1.23 bits per heavy atom. The molecule has 1 aliphatic heterocycles. The average molecular weight is 409 g/mol. The van der Waals surface area contributed by atoms with Gasteiger partial charge in [0.25, 0.3) is 0 Å². The number of ether oxygens (including phenoxy) is 2. The molecule has 1 fully saturated rings. The first-order valence-corrected chi connectivity index (χ1v) is 10.4. The van der Waals surface area contributed by atoms with Crippen LogP contribution in [0.25, 0.3) is 0 Å². The Balaban J connectivity index is 1.48. The van der Waals surface area contributed by atoms with Crippen molar-refractivity contribution in [3.05, 3.63) is 66.7 Å². The number of para-hydroxylation sites is 1. The molecule has 0 saturated carbocycles. The topological polar surface area (TPSA) is 58.1 Å². The summed E-state index contributed by atoms with van der Waals surface area (Å²) < 4.78 is 11.1. The minimum Gasteiger partial charge on any atom is -0.497 e. The van der Waals surface area contributed by atoms with Crippen LogP contribution in [0.1, 0.15) is 12.0 Å². The Morgan fingerprint density at radius 2 is 2.10 bits per heavy atom. The summed E-state index contributed by atoms with van der Waals surface area (Å²) in [5, 5.41) is 6.86. The highest BCUT2D eigenvalue weighted by Gasteiger charge is 2.23. The van der Waals surface area contributed by atoms with E-state index < -0.39 is 0 Å². The maximum Gasteiger partial charge on any atom is 0.191 e. The Bertz CT molecular complexity index is 853. The van der Waals surface area contributed by atoms with E-state index in [1.165, 1.54) is 5.69 Å². The van der Waals surface area contributed by atoms with Crippen LogP contribution in [-0.2, 0) is 6.54 Å². The molecule has 0 bridgehead atoms. The van der Waals surface area contributed by atoms with Crippen molar-refractivity contribution < 1.29 is 9.47 Å². The minimum atomic E-state index is 0.495. The number of guanidine groups is 1. The van der Waals surface area contributed by atoms with Gasteiger partial charge in [-0.15, -0.1) is 0 Å². The summed E-state index contributed by atoms with van der Waals surface area (Å²) in [5.41, 5.74) is 2.31. The quantitative estimate of drug-likeness (QED) is 0.378. The van der Waals surface area contributed by atoms with Crippen LogP contribution in [0.3, 0.4) is 0 Å². The molecule has 1 saturated heterocycles. The summed E-state index contributed by atoms with van der Waals surface area (Å²) >= 11 is 0. The second-order valence-corrected chi connectivity index (χ2v) is 7.32. The predicted molar refractivity (Wildman–Crippen MR) is 124 cm³/mol. The molecule has 1 aliphatic rings. The standard InChI is InChI=1S/C24H32N4O2/c1-4-14-30-23-11-6-5-8-20(23)17-27-24(25-2)26-16-19-12-13-28(18-19)21-9-7-10-22(15-21)29-3/h4-11,15,19H,1,12-14,16-18H2,2-3H3,(H2,25,26,27). The zero-order valence-electron chi connectivity index (χ0n) is 17.9. The van der Waals surface area contributed by atoms with E-state index in [2.05, 4.69) is 45.3 Å². The molecule has 6 heteroatoms. The monoisotopic (exact) mass is 408 g/mol. The molecular weight excluding hydrogens is 376 g/mol. The summed E-state index contributed by atoms with van der Waals surface area (Å²) in [7, 11) is 3.51. The first-order chi connectivity index (χ1) is 14.7. The highest BCUT2D eigenvalue weighted by Crippen LogP contribution is 2.26. The van der Waals surface area contributed by atoms with Gasteiger partial charge in [0, 0.05) is 50.5 Å². The molecule has 1 atom stereocenters. The normalized spacial score (nSPS) is 16.3. The molecule has 1 unspecified atom stereocenters. The lowest BCUT2D eigenvalue weighted by atomic mass is 10.1. The Hall–Kier alpha value is -3.15. The molecule has 30 heavy (non-hydrogen) atoms. The van der Waals surface area contributed by atoms with Gasteiger partial charge in [0.1, 0.15) is 18.1 Å². The summed E-state index contributed by atoms with van der Waals surface area (Å²) in [6.07, 6.45) is 2.90. The highest BCUT2D eigenvalue weighted by molar-refractivity contribution is 5.79. The maximum absolute atomic E-state index is 5.73. The molecule has 160 valence electrons. The van der Waals surface area contributed by atoms with Crippen LogP contribution in [0.4, 0.5) is 5.69 Å². The first kappa shape index (κ1) is 21.6. The van der Waals surface area contributed by atoms with Gasteiger partial charge in [0.05, 0.1) is 7.11 Å². The number of nitrogens with one attached hydrogen (secondary N) is 2. The lowest BCUT2D eigenvalue weighted by Crippen LogP contribution is -2.40. The lowest BCUT2D eigenvalue weighted by Gasteiger charge is -2.20. The SMILES string of the molecule is C=CCOc1ccccc1CNC(=NC)NCC1CCN(c2cccc(OC)c2)C1. The molecule has 0 spiro atoms. The van der Waals surface area contributed by atoms with Crippen molar-refractivity contribution >= 4 is 11.6 Å². The van der Waals surface area contributed by atoms with Crippen LogP contribution in [0, 0.1) is 5.92 Å². The third kappa shape index (κ3) is 5.92. The largest absolute Gasteiger partial charge is 0.497 e. The van der Waals surface area contributed by atoms with E-state index >= 15 is 0 Å². The molecule has 2 aromatic carbocycles. The fourth-order valence-electron chi connectivity index (χ4n) is 3.62. The van der Waals surface area contributed by atoms with E-state index in [0.29, 0.717) is 19.1 Å². The van der Waals surface area contributed by atoms with Crippen molar-refractivity contribution in [3.63, 3.8) is 0 Å². The van der Waals surface area contributed by atoms with Gasteiger partial charge in [-0.25, -0.2) is 0 Å². The smallest absolute Gasteiger partial charge is 0.191 e. The van der Waals surface area contributed by atoms with Gasteiger partial charge in [0.2, 0.25) is 0 Å². The van der Waals surface area contributed by atoms with Gasteiger partial charge in [-0.1, -0.05) is 36.9 Å². The van der Waals surface area contributed by atoms with Crippen molar-refractivity contribution in [2.75, 3.05) is 45.3 Å². The van der Waals surface area contributed by atoms with Gasteiger partial charge >= 0.3 is 0 Å². The van der Waals surface area contributed by atoms with E-state index in [1.807, 2.05) is 30.3 Å². The number of methoxy groups -OCH3 is 1. The van der Waals surface area contributed by atoms with Crippen LogP contribution in [0.15, 0.2) is 66.2 Å². The van der Waals surface area contributed by atoms with Gasteiger partial charge in [-0.3, -0.25) is 4.99 Å². The van der Waals surface area contributed by atoms with Crippen LogP contribution < -0.4 is 25.0 Å². The van der Waals surface area contributed by atoms with Crippen molar-refractivity contribution in [1.29, 1.82) is 0 Å². The molecule has 0 radical (unpaired) electrons. The first-order valence-electron chi connectivity index (χ1n) is 10.4. The molecule has 1 heterocycles. The molecule has 2 aromatic rings. The second kappa shape index (κ2) is 11.1. The van der Waals surface area contributed by atoms with Crippen molar-refractivity contribution in [1.82, 2.24) is 10.6 Å². The van der Waals surface area contributed by atoms with Gasteiger partial charge < -0.3 is 25.0 Å². The Labute approximate surface area is 179 Å². The minimum absolute atomic E-state index is 0.495. The predicted octanol–water partition coefficient (Wildman–Crippen LogP) is 3.45. The van der Waals surface area contributed by atoms with Crippen LogP contribution in [0.5, 0.6) is 11.5 Å². The molecule has 3 rings (SSSR count). The number of hydrogen-bond donors (Lipinski definition) is 2. The molecule has 6 nitrogen and oxygen atoms in total. The van der Waals surface area contributed by atoms with E-state index in [9.17, 15) is 0 Å². The van der Waals surface area contributed by atoms with Crippen LogP contribution in [-0.4, -0.2) is 46.4 Å². The molecule has 0 amide bonds. The maximum atomic E-state index is 5.73. The molecule has 0 aromatic heterocycles. The number of anilines is 1. The third-order valence-electron chi connectivity index (χ3n) is 5.26. The van der Waals surface area contributed by atoms with E-state index in [-0.39, 0.29) is 0 Å². The molecule has 2 N–H and O–H groups in total. The third-order valence-corrected chi connectivity index (χ3v) is 5.26. The van der Waals surface area contributed by atoms with Crippen molar-refractivity contribution in [3.8, 4) is 11.5 Å². The number of aliphatic imine (C=N–C) groups is 1. The van der Waals surface area contributed by atoms with Crippen LogP contribution in [0.2, 0.25) is 0 Å². The summed E-state index contributed by atoms with van der Waals surface area (Å²) in [4.78, 5) is 6.78. The highest BCUT2D eigenvalue weighted by atomic mass is 16.5. The molecule has 0 aliphatic carbocycles. The fraction of sp³-hybridized carbons (Fsp3) is 0.375. The average Bonchev–Trinajstić information content (AvgIpc) is 3.27. The number of rotatable bonds is 9. The lowest BCUT2D eigenvalue weighted by molar-refractivity contribution is 0.358. The van der Waals surface area contributed by atoms with Gasteiger partial charge in [0.15, 0.2) is 5.96 Å². The van der Waals surface area contributed by atoms with Gasteiger partial charge in [-0.2, -0.15) is 0 Å². The summed E-state index contributed by atoms with van der Waals surface area (Å²) in [6.45, 7) is 7.81. The van der Waals surface area contributed by atoms with Crippen molar-refractivity contribution in [2.45, 2.75) is 13.0 Å². The number of benzene rings is 2.